The number of carbonyl (C=O) groups excluding carboxylic acids is 2. The van der Waals surface area contributed by atoms with Crippen molar-refractivity contribution in [3.05, 3.63) is 106 Å². The Kier molecular flexibility index (Phi) is 4.41. The van der Waals surface area contributed by atoms with E-state index in [1.165, 1.54) is 0 Å². The number of rotatable bonds is 2. The summed E-state index contributed by atoms with van der Waals surface area (Å²) in [6.07, 6.45) is 1.17. The number of nitrogens with one attached hydrogen (secondary N) is 1. The molecule has 0 aromatic heterocycles. The number of carbonyl (C=O) groups is 2. The summed E-state index contributed by atoms with van der Waals surface area (Å²) < 4.78 is 0. The van der Waals surface area contributed by atoms with Gasteiger partial charge in [0.15, 0.2) is 5.78 Å². The van der Waals surface area contributed by atoms with Crippen molar-refractivity contribution in [3.8, 4) is 0 Å². The summed E-state index contributed by atoms with van der Waals surface area (Å²) in [5.74, 6) is 0.0297. The van der Waals surface area contributed by atoms with Gasteiger partial charge in [-0.1, -0.05) is 80.1 Å². The Morgan fingerprint density at radius 3 is 2.41 bits per heavy atom. The number of nitrogens with zero attached hydrogens (tertiary/aromatic N) is 1. The van der Waals surface area contributed by atoms with E-state index in [-0.39, 0.29) is 17.1 Å². The van der Waals surface area contributed by atoms with Gasteiger partial charge >= 0.3 is 0 Å². The predicted octanol–water partition coefficient (Wildman–Crippen LogP) is 5.90. The first-order valence-electron chi connectivity index (χ1n) is 11.9. The lowest BCUT2D eigenvalue weighted by molar-refractivity contribution is -0.125. The third kappa shape index (κ3) is 2.84. The maximum Gasteiger partial charge on any atom is 0.247 e. The highest BCUT2D eigenvalue weighted by Crippen LogP contribution is 2.58. The second-order valence-electron chi connectivity index (χ2n) is 10.6. The van der Waals surface area contributed by atoms with Crippen molar-refractivity contribution in [2.24, 2.45) is 5.41 Å². The second kappa shape index (κ2) is 7.17. The predicted molar refractivity (Wildman–Crippen MR) is 135 cm³/mol. The molecular formula is C30H28N2O2. The van der Waals surface area contributed by atoms with Gasteiger partial charge in [-0.05, 0) is 36.5 Å². The highest BCUT2D eigenvalue weighted by molar-refractivity contribution is 6.21. The fraction of sp³-hybridized carbons (Fsp3) is 0.267. The fourth-order valence-electron chi connectivity index (χ4n) is 6.12. The first-order valence-corrected chi connectivity index (χ1v) is 11.9. The summed E-state index contributed by atoms with van der Waals surface area (Å²) in [6, 6.07) is 24.3. The van der Waals surface area contributed by atoms with Crippen molar-refractivity contribution in [3.63, 3.8) is 0 Å². The Hall–Kier alpha value is -3.66. The molecule has 1 unspecified atom stereocenters. The molecule has 4 nitrogen and oxygen atoms in total. The van der Waals surface area contributed by atoms with Gasteiger partial charge in [-0.3, -0.25) is 9.59 Å². The van der Waals surface area contributed by atoms with Crippen molar-refractivity contribution in [2.75, 3.05) is 10.2 Å². The van der Waals surface area contributed by atoms with Gasteiger partial charge in [0, 0.05) is 40.2 Å². The van der Waals surface area contributed by atoms with E-state index in [1.807, 2.05) is 66.4 Å². The van der Waals surface area contributed by atoms with E-state index < -0.39 is 5.41 Å². The number of hydrogen-bond acceptors (Lipinski definition) is 3. The normalized spacial score (nSPS) is 22.4. The lowest BCUT2D eigenvalue weighted by Gasteiger charge is -2.44. The molecule has 1 amide bonds. The molecule has 1 spiro atoms. The van der Waals surface area contributed by atoms with Crippen LogP contribution >= 0.6 is 0 Å². The summed E-state index contributed by atoms with van der Waals surface area (Å²) in [5, 5.41) is 3.57. The van der Waals surface area contributed by atoms with Crippen LogP contribution in [-0.4, -0.2) is 11.7 Å². The van der Waals surface area contributed by atoms with Gasteiger partial charge in [-0.2, -0.15) is 0 Å². The Bertz CT molecular complexity index is 1390. The Morgan fingerprint density at radius 2 is 1.62 bits per heavy atom. The molecule has 2 aliphatic heterocycles. The number of para-hydroxylation sites is 1. The number of Topliss-reactive ketones (excluding diaryl/α,β-unsaturated/α-hetero) is 1. The van der Waals surface area contributed by atoms with Crippen LogP contribution in [0.25, 0.3) is 0 Å². The Morgan fingerprint density at radius 1 is 0.882 bits per heavy atom. The lowest BCUT2D eigenvalue weighted by Crippen LogP contribution is -2.49. The lowest BCUT2D eigenvalue weighted by atomic mass is 9.60. The van der Waals surface area contributed by atoms with Crippen LogP contribution < -0.4 is 10.2 Å². The van der Waals surface area contributed by atoms with Crippen LogP contribution in [0.2, 0.25) is 0 Å². The number of aryl methyl sites for hydroxylation is 1. The molecule has 1 N–H and O–H groups in total. The average Bonchev–Trinajstić information content (AvgIpc) is 3.03. The molecule has 0 saturated carbocycles. The van der Waals surface area contributed by atoms with Gasteiger partial charge in [-0.25, -0.2) is 0 Å². The smallest absolute Gasteiger partial charge is 0.247 e. The highest BCUT2D eigenvalue weighted by atomic mass is 16.2. The minimum absolute atomic E-state index is 0.0357. The summed E-state index contributed by atoms with van der Waals surface area (Å²) in [6.45, 7) is 6.76. The topological polar surface area (TPSA) is 49.4 Å². The molecule has 3 aliphatic rings. The minimum atomic E-state index is -1.12. The highest BCUT2D eigenvalue weighted by Gasteiger charge is 2.60. The van der Waals surface area contributed by atoms with Crippen molar-refractivity contribution in [1.82, 2.24) is 0 Å². The number of allylic oxidation sites excluding steroid dienone is 1. The molecule has 0 fully saturated rings. The van der Waals surface area contributed by atoms with Crippen molar-refractivity contribution in [1.29, 1.82) is 0 Å². The molecule has 0 saturated heterocycles. The fourth-order valence-corrected chi connectivity index (χ4v) is 6.12. The standard InChI is InChI=1S/C30H28N2O2/c1-19-13-14-23-22(15-19)30(27-24(31-23)16-29(2,3)17-26(27)33)21-11-7-8-12-25(21)32(28(30)34)18-20-9-5-4-6-10-20/h4-15,31H,16-18H2,1-3H3. The van der Waals surface area contributed by atoms with Crippen LogP contribution in [0.1, 0.15) is 48.9 Å². The molecule has 0 radical (unpaired) electrons. The van der Waals surface area contributed by atoms with Crippen LogP contribution in [0.15, 0.2) is 84.1 Å². The number of benzene rings is 3. The SMILES string of the molecule is Cc1ccc2c(c1)C1(C(=O)N(Cc3ccccc3)c3ccccc31)C1=C(CC(C)(C)CC1=O)N2. The van der Waals surface area contributed by atoms with Gasteiger partial charge in [-0.15, -0.1) is 0 Å². The van der Waals surface area contributed by atoms with E-state index in [1.54, 1.807) is 0 Å². The largest absolute Gasteiger partial charge is 0.358 e. The number of fused-ring (bicyclic) bond motifs is 5. The first kappa shape index (κ1) is 20.9. The Balaban J connectivity index is 1.65. The van der Waals surface area contributed by atoms with Gasteiger partial charge < -0.3 is 10.2 Å². The van der Waals surface area contributed by atoms with E-state index in [0.717, 1.165) is 45.7 Å². The van der Waals surface area contributed by atoms with Crippen LogP contribution in [0.5, 0.6) is 0 Å². The molecule has 0 bridgehead atoms. The zero-order valence-corrected chi connectivity index (χ0v) is 19.8. The van der Waals surface area contributed by atoms with Crippen LogP contribution in [0, 0.1) is 12.3 Å². The average molecular weight is 449 g/mol. The molecule has 2 heterocycles. The van der Waals surface area contributed by atoms with Gasteiger partial charge in [0.05, 0.1) is 6.54 Å². The number of anilines is 2. The van der Waals surface area contributed by atoms with Gasteiger partial charge in [0.1, 0.15) is 5.41 Å². The minimum Gasteiger partial charge on any atom is -0.358 e. The maximum absolute atomic E-state index is 14.7. The van der Waals surface area contributed by atoms with E-state index in [4.69, 9.17) is 0 Å². The van der Waals surface area contributed by atoms with Crippen LogP contribution in [0.4, 0.5) is 11.4 Å². The zero-order valence-electron chi connectivity index (χ0n) is 19.8. The molecule has 34 heavy (non-hydrogen) atoms. The van der Waals surface area contributed by atoms with Crippen molar-refractivity contribution in [2.45, 2.75) is 45.6 Å². The van der Waals surface area contributed by atoms with E-state index >= 15 is 0 Å². The molecular weight excluding hydrogens is 420 g/mol. The summed E-state index contributed by atoms with van der Waals surface area (Å²) >= 11 is 0. The van der Waals surface area contributed by atoms with Crippen LogP contribution in [0.3, 0.4) is 0 Å². The van der Waals surface area contributed by atoms with Crippen molar-refractivity contribution < 1.29 is 9.59 Å². The summed E-state index contributed by atoms with van der Waals surface area (Å²) in [7, 11) is 0. The molecule has 3 aromatic carbocycles. The number of amides is 1. The maximum atomic E-state index is 14.7. The number of ketones is 1. The Labute approximate surface area is 200 Å². The van der Waals surface area contributed by atoms with Gasteiger partial charge in [0.25, 0.3) is 0 Å². The molecule has 3 aromatic rings. The second-order valence-corrected chi connectivity index (χ2v) is 10.6. The first-order chi connectivity index (χ1) is 16.3. The molecule has 1 atom stereocenters. The summed E-state index contributed by atoms with van der Waals surface area (Å²) in [4.78, 5) is 30.4. The third-order valence-corrected chi connectivity index (χ3v) is 7.46. The van der Waals surface area contributed by atoms with Crippen LogP contribution in [-0.2, 0) is 21.5 Å². The molecule has 1 aliphatic carbocycles. The molecule has 170 valence electrons. The third-order valence-electron chi connectivity index (χ3n) is 7.46. The van der Waals surface area contributed by atoms with E-state index in [9.17, 15) is 9.59 Å². The zero-order chi connectivity index (χ0) is 23.7. The molecule has 4 heteroatoms. The van der Waals surface area contributed by atoms with Crippen molar-refractivity contribution >= 4 is 23.1 Å². The van der Waals surface area contributed by atoms with E-state index in [2.05, 4.69) is 37.4 Å². The molecule has 6 rings (SSSR count). The summed E-state index contributed by atoms with van der Waals surface area (Å²) in [5.41, 5.74) is 5.97. The number of hydrogen-bond donors (Lipinski definition) is 1. The monoisotopic (exact) mass is 448 g/mol. The quantitative estimate of drug-likeness (QED) is 0.531. The van der Waals surface area contributed by atoms with Gasteiger partial charge in [0.2, 0.25) is 5.91 Å². The van der Waals surface area contributed by atoms with E-state index in [0.29, 0.717) is 18.5 Å².